The van der Waals surface area contributed by atoms with Crippen molar-refractivity contribution >= 4 is 42.6 Å². The van der Waals surface area contributed by atoms with Gasteiger partial charge in [0.1, 0.15) is 11.3 Å². The van der Waals surface area contributed by atoms with E-state index in [1.807, 2.05) is 19.1 Å². The second-order valence-corrected chi connectivity index (χ2v) is 13.9. The molecule has 2 fully saturated rings. The van der Waals surface area contributed by atoms with Gasteiger partial charge >= 0.3 is 0 Å². The third kappa shape index (κ3) is 6.43. The minimum Gasteiger partial charge on any atom is -0.492 e. The number of para-hydroxylation sites is 1. The molecule has 0 bridgehead atoms. The highest BCUT2D eigenvalue weighted by atomic mass is 32.2. The zero-order chi connectivity index (χ0) is 28.3. The van der Waals surface area contributed by atoms with Crippen molar-refractivity contribution in [1.29, 1.82) is 0 Å². The number of hydrogen-bond donors (Lipinski definition) is 1. The Kier molecular flexibility index (Phi) is 8.94. The molecule has 0 radical (unpaired) electrons. The standard InChI is InChI=1S/C29H39N5O4S2/c1-4-38-25-6-5-7-26-27(25)31-29(39-26)33-16-14-32(15-17-33)13-12-30-28(35)23-8-10-24(11-9-23)40(36,37)34-19-21(2)18-22(3)20-34/h5-11,21-22H,4,12-20H2,1-3H3,(H,30,35). The Morgan fingerprint density at radius 3 is 2.42 bits per heavy atom. The highest BCUT2D eigenvalue weighted by Gasteiger charge is 2.31. The summed E-state index contributed by atoms with van der Waals surface area (Å²) in [5.41, 5.74) is 1.39. The number of hydrogen-bond acceptors (Lipinski definition) is 8. The van der Waals surface area contributed by atoms with Gasteiger partial charge in [-0.05, 0) is 61.6 Å². The predicted molar refractivity (Wildman–Crippen MR) is 160 cm³/mol. The molecule has 2 atom stereocenters. The number of sulfonamides is 1. The normalized spacial score (nSPS) is 21.0. The molecular weight excluding hydrogens is 546 g/mol. The Bertz CT molecular complexity index is 1410. The van der Waals surface area contributed by atoms with Crippen LogP contribution < -0.4 is 15.0 Å². The van der Waals surface area contributed by atoms with Gasteiger partial charge in [0, 0.05) is 57.9 Å². The number of nitrogens with one attached hydrogen (secondary N) is 1. The fourth-order valence-corrected chi connectivity index (χ4v) is 8.35. The first kappa shape index (κ1) is 28.8. The lowest BCUT2D eigenvalue weighted by molar-refractivity contribution is 0.0947. The molecule has 11 heteroatoms. The van der Waals surface area contributed by atoms with E-state index >= 15 is 0 Å². The van der Waals surface area contributed by atoms with Crippen molar-refractivity contribution in [3.63, 3.8) is 0 Å². The summed E-state index contributed by atoms with van der Waals surface area (Å²) in [5.74, 6) is 1.32. The van der Waals surface area contributed by atoms with Crippen LogP contribution in [0.25, 0.3) is 10.2 Å². The smallest absolute Gasteiger partial charge is 0.251 e. The summed E-state index contributed by atoms with van der Waals surface area (Å²) in [6, 6.07) is 12.4. The number of piperidine rings is 1. The molecule has 2 aliphatic heterocycles. The van der Waals surface area contributed by atoms with Crippen LogP contribution in [0.15, 0.2) is 47.4 Å². The summed E-state index contributed by atoms with van der Waals surface area (Å²) < 4.78 is 34.7. The molecule has 1 aromatic heterocycles. The van der Waals surface area contributed by atoms with Gasteiger partial charge in [0.2, 0.25) is 10.0 Å². The maximum absolute atomic E-state index is 13.1. The number of carbonyl (C=O) groups is 1. The molecule has 3 heterocycles. The summed E-state index contributed by atoms with van der Waals surface area (Å²) in [7, 11) is -3.56. The van der Waals surface area contributed by atoms with Gasteiger partial charge in [-0.3, -0.25) is 9.69 Å². The van der Waals surface area contributed by atoms with Crippen molar-refractivity contribution in [3.8, 4) is 5.75 Å². The molecule has 0 spiro atoms. The first-order valence-electron chi connectivity index (χ1n) is 14.1. The zero-order valence-corrected chi connectivity index (χ0v) is 25.1. The number of rotatable bonds is 9. The van der Waals surface area contributed by atoms with Crippen molar-refractivity contribution in [2.45, 2.75) is 32.1 Å². The van der Waals surface area contributed by atoms with Crippen molar-refractivity contribution in [2.24, 2.45) is 11.8 Å². The average Bonchev–Trinajstić information content (AvgIpc) is 3.39. The van der Waals surface area contributed by atoms with Crippen molar-refractivity contribution in [2.75, 3.05) is 63.9 Å². The minimum absolute atomic E-state index is 0.192. The molecule has 5 rings (SSSR count). The summed E-state index contributed by atoms with van der Waals surface area (Å²) >= 11 is 1.69. The van der Waals surface area contributed by atoms with Crippen LogP contribution in [0, 0.1) is 11.8 Å². The Morgan fingerprint density at radius 2 is 1.75 bits per heavy atom. The van der Waals surface area contributed by atoms with E-state index in [0.717, 1.165) is 60.2 Å². The largest absolute Gasteiger partial charge is 0.492 e. The topological polar surface area (TPSA) is 95.1 Å². The van der Waals surface area contributed by atoms with Crippen LogP contribution in [0.4, 0.5) is 5.13 Å². The molecule has 1 N–H and O–H groups in total. The van der Waals surface area contributed by atoms with Crippen LogP contribution in [0.1, 0.15) is 37.6 Å². The van der Waals surface area contributed by atoms with E-state index in [1.54, 1.807) is 39.9 Å². The highest BCUT2D eigenvalue weighted by molar-refractivity contribution is 7.89. The number of aromatic nitrogens is 1. The maximum Gasteiger partial charge on any atom is 0.251 e. The van der Waals surface area contributed by atoms with E-state index < -0.39 is 10.0 Å². The van der Waals surface area contributed by atoms with Crippen molar-refractivity contribution in [1.82, 2.24) is 19.5 Å². The lowest BCUT2D eigenvalue weighted by atomic mass is 9.94. The average molecular weight is 586 g/mol. The second kappa shape index (κ2) is 12.4. The van der Waals surface area contributed by atoms with Crippen LogP contribution >= 0.6 is 11.3 Å². The number of benzene rings is 2. The third-order valence-electron chi connectivity index (χ3n) is 7.62. The van der Waals surface area contributed by atoms with Crippen LogP contribution in [0.3, 0.4) is 0 Å². The number of anilines is 1. The minimum atomic E-state index is -3.56. The number of piperazine rings is 1. The van der Waals surface area contributed by atoms with Crippen molar-refractivity contribution < 1.29 is 17.9 Å². The first-order chi connectivity index (χ1) is 19.2. The van der Waals surface area contributed by atoms with E-state index in [0.29, 0.717) is 43.6 Å². The van der Waals surface area contributed by atoms with Crippen molar-refractivity contribution in [3.05, 3.63) is 48.0 Å². The number of carbonyl (C=O) groups excluding carboxylic acids is 1. The molecule has 2 saturated heterocycles. The molecule has 9 nitrogen and oxygen atoms in total. The van der Waals surface area contributed by atoms with Gasteiger partial charge < -0.3 is 15.0 Å². The predicted octanol–water partition coefficient (Wildman–Crippen LogP) is 3.91. The van der Waals surface area contributed by atoms with Gasteiger partial charge in [0.25, 0.3) is 5.91 Å². The van der Waals surface area contributed by atoms with Crippen LogP contribution in [0.5, 0.6) is 5.75 Å². The van der Waals surface area contributed by atoms with Gasteiger partial charge in [0.15, 0.2) is 5.13 Å². The number of thiazole rings is 1. The molecule has 3 aromatic rings. The molecule has 216 valence electrons. The number of amides is 1. The lowest BCUT2D eigenvalue weighted by Gasteiger charge is -2.34. The van der Waals surface area contributed by atoms with Crippen LogP contribution in [0.2, 0.25) is 0 Å². The number of ether oxygens (including phenoxy) is 1. The molecule has 0 aliphatic carbocycles. The van der Waals surface area contributed by atoms with E-state index in [-0.39, 0.29) is 10.8 Å². The van der Waals surface area contributed by atoms with Crippen LogP contribution in [-0.4, -0.2) is 87.5 Å². The second-order valence-electron chi connectivity index (χ2n) is 10.9. The molecule has 2 unspecified atom stereocenters. The summed E-state index contributed by atoms with van der Waals surface area (Å²) in [5, 5.41) is 4.00. The fourth-order valence-electron chi connectivity index (χ4n) is 5.64. The van der Waals surface area contributed by atoms with Gasteiger partial charge in [0.05, 0.1) is 16.2 Å². The Balaban J connectivity index is 1.09. The Morgan fingerprint density at radius 1 is 1.05 bits per heavy atom. The first-order valence-corrected chi connectivity index (χ1v) is 16.4. The summed E-state index contributed by atoms with van der Waals surface area (Å²) in [6.07, 6.45) is 1.04. The van der Waals surface area contributed by atoms with E-state index in [9.17, 15) is 13.2 Å². The molecule has 0 saturated carbocycles. The van der Waals surface area contributed by atoms with E-state index in [2.05, 4.69) is 35.0 Å². The third-order valence-corrected chi connectivity index (χ3v) is 10.5. The van der Waals surface area contributed by atoms with E-state index in [1.165, 1.54) is 0 Å². The number of fused-ring (bicyclic) bond motifs is 1. The summed E-state index contributed by atoms with van der Waals surface area (Å²) in [4.78, 5) is 22.5. The molecule has 40 heavy (non-hydrogen) atoms. The molecule has 2 aliphatic rings. The lowest BCUT2D eigenvalue weighted by Crippen LogP contribution is -2.48. The zero-order valence-electron chi connectivity index (χ0n) is 23.5. The van der Waals surface area contributed by atoms with Crippen LogP contribution in [-0.2, 0) is 10.0 Å². The molecule has 1 amide bonds. The van der Waals surface area contributed by atoms with Gasteiger partial charge in [-0.25, -0.2) is 13.4 Å². The Labute approximate surface area is 241 Å². The Hall–Kier alpha value is -2.73. The van der Waals surface area contributed by atoms with E-state index in [4.69, 9.17) is 9.72 Å². The SMILES string of the molecule is CCOc1cccc2sc(N3CCN(CCNC(=O)c4ccc(S(=O)(=O)N5CC(C)CC(C)C5)cc4)CC3)nc12. The van der Waals surface area contributed by atoms with Gasteiger partial charge in [-0.2, -0.15) is 4.31 Å². The molecular formula is C29H39N5O4S2. The maximum atomic E-state index is 13.1. The van der Waals surface area contributed by atoms with Gasteiger partial charge in [-0.15, -0.1) is 0 Å². The monoisotopic (exact) mass is 585 g/mol. The quantitative estimate of drug-likeness (QED) is 0.407. The summed E-state index contributed by atoms with van der Waals surface area (Å²) in [6.45, 7) is 12.7. The fraction of sp³-hybridized carbons (Fsp3) is 0.517. The van der Waals surface area contributed by atoms with Gasteiger partial charge in [-0.1, -0.05) is 31.3 Å². The molecule has 2 aromatic carbocycles. The number of nitrogens with zero attached hydrogens (tertiary/aromatic N) is 4. The highest BCUT2D eigenvalue weighted by Crippen LogP contribution is 2.34.